The van der Waals surface area contributed by atoms with Crippen LogP contribution in [-0.2, 0) is 5.54 Å². The van der Waals surface area contributed by atoms with E-state index in [-0.39, 0.29) is 5.91 Å². The molecule has 1 N–H and O–H groups in total. The van der Waals surface area contributed by atoms with Gasteiger partial charge in [0.25, 0.3) is 5.91 Å². The fraction of sp³-hybridized carbons (Fsp3) is 0.174. The highest BCUT2D eigenvalue weighted by Crippen LogP contribution is 2.45. The van der Waals surface area contributed by atoms with Crippen molar-refractivity contribution in [1.29, 1.82) is 0 Å². The van der Waals surface area contributed by atoms with Gasteiger partial charge in [-0.05, 0) is 43.7 Å². The van der Waals surface area contributed by atoms with Crippen LogP contribution in [0, 0.1) is 0 Å². The Morgan fingerprint density at radius 1 is 0.889 bits per heavy atom. The van der Waals surface area contributed by atoms with Gasteiger partial charge in [-0.2, -0.15) is 0 Å². The summed E-state index contributed by atoms with van der Waals surface area (Å²) in [5.74, 6) is 0.946. The Morgan fingerprint density at radius 3 is 2.19 bits per heavy atom. The summed E-state index contributed by atoms with van der Waals surface area (Å²) in [6.07, 6.45) is -1.08. The molecule has 1 aliphatic rings. The first-order valence-electron chi connectivity index (χ1n) is 8.93. The smallest absolute Gasteiger partial charge is 0.257 e. The van der Waals surface area contributed by atoms with Gasteiger partial charge in [-0.25, -0.2) is 0 Å². The number of carbonyl (C=O) groups excluding carboxylic acids is 1. The third-order valence-corrected chi connectivity index (χ3v) is 5.07. The van der Waals surface area contributed by atoms with Crippen molar-refractivity contribution in [3.63, 3.8) is 0 Å². The average molecular weight is 359 g/mol. The van der Waals surface area contributed by atoms with Crippen molar-refractivity contribution in [3.05, 3.63) is 95.6 Å². The number of amides is 1. The number of ether oxygens (including phenoxy) is 1. The molecule has 0 fully saturated rings. The van der Waals surface area contributed by atoms with Gasteiger partial charge in [0.1, 0.15) is 11.5 Å². The molecule has 1 amide bonds. The molecular weight excluding hydrogens is 338 g/mol. The lowest BCUT2D eigenvalue weighted by atomic mass is 9.92. The van der Waals surface area contributed by atoms with Crippen LogP contribution < -0.4 is 4.74 Å². The summed E-state index contributed by atoms with van der Waals surface area (Å²) >= 11 is 0. The highest BCUT2D eigenvalue weighted by atomic mass is 16.5. The first kappa shape index (κ1) is 17.3. The van der Waals surface area contributed by atoms with Gasteiger partial charge < -0.3 is 9.84 Å². The lowest BCUT2D eigenvalue weighted by Gasteiger charge is -2.38. The van der Waals surface area contributed by atoms with Crippen LogP contribution in [0.3, 0.4) is 0 Å². The van der Waals surface area contributed by atoms with E-state index < -0.39 is 11.8 Å². The Morgan fingerprint density at radius 2 is 1.52 bits per heavy atom. The van der Waals surface area contributed by atoms with Gasteiger partial charge in [0.05, 0.1) is 16.7 Å². The van der Waals surface area contributed by atoms with Crippen molar-refractivity contribution in [2.75, 3.05) is 0 Å². The Kier molecular flexibility index (Phi) is 4.21. The number of aliphatic hydroxyl groups excluding tert-OH is 1. The first-order valence-corrected chi connectivity index (χ1v) is 8.93. The number of benzene rings is 3. The molecule has 0 aromatic heterocycles. The summed E-state index contributed by atoms with van der Waals surface area (Å²) in [5, 5.41) is 11.1. The van der Waals surface area contributed by atoms with Crippen LogP contribution in [0.4, 0.5) is 0 Å². The summed E-state index contributed by atoms with van der Waals surface area (Å²) in [4.78, 5) is 14.7. The van der Waals surface area contributed by atoms with E-state index in [2.05, 4.69) is 0 Å². The van der Waals surface area contributed by atoms with Gasteiger partial charge in [-0.3, -0.25) is 9.69 Å². The van der Waals surface area contributed by atoms with Gasteiger partial charge in [0.15, 0.2) is 6.23 Å². The fourth-order valence-corrected chi connectivity index (χ4v) is 3.62. The van der Waals surface area contributed by atoms with Crippen LogP contribution >= 0.6 is 0 Å². The number of rotatable bonds is 4. The maximum absolute atomic E-state index is 13.1. The van der Waals surface area contributed by atoms with E-state index in [1.165, 1.54) is 4.90 Å². The highest BCUT2D eigenvalue weighted by molar-refractivity contribution is 6.00. The molecule has 1 unspecified atom stereocenters. The van der Waals surface area contributed by atoms with Crippen molar-refractivity contribution >= 4 is 5.91 Å². The maximum atomic E-state index is 13.1. The first-order chi connectivity index (χ1) is 13.0. The van der Waals surface area contributed by atoms with Crippen LogP contribution in [0.5, 0.6) is 11.5 Å². The topological polar surface area (TPSA) is 49.8 Å². The predicted octanol–water partition coefficient (Wildman–Crippen LogP) is 4.86. The standard InChI is InChI=1S/C23H21NO3/c1-23(2,16-10-5-3-6-11-16)24-21(25)18-14-9-15-19(20(18)22(24)26)27-17-12-7-4-8-13-17/h3-15,22,26H,1-2H3. The van der Waals surface area contributed by atoms with E-state index in [1.54, 1.807) is 18.2 Å². The van der Waals surface area contributed by atoms with Crippen molar-refractivity contribution < 1.29 is 14.6 Å². The molecule has 0 radical (unpaired) electrons. The maximum Gasteiger partial charge on any atom is 0.257 e. The highest BCUT2D eigenvalue weighted by Gasteiger charge is 2.46. The second-order valence-corrected chi connectivity index (χ2v) is 7.11. The molecule has 4 heteroatoms. The van der Waals surface area contributed by atoms with Crippen molar-refractivity contribution in [2.45, 2.75) is 25.6 Å². The van der Waals surface area contributed by atoms with E-state index in [0.29, 0.717) is 22.6 Å². The molecular formula is C23H21NO3. The molecule has 27 heavy (non-hydrogen) atoms. The molecule has 1 atom stereocenters. The summed E-state index contributed by atoms with van der Waals surface area (Å²) in [5.41, 5.74) is 1.26. The Labute approximate surface area is 158 Å². The van der Waals surface area contributed by atoms with E-state index in [9.17, 15) is 9.90 Å². The molecule has 0 bridgehead atoms. The summed E-state index contributed by atoms with van der Waals surface area (Å²) in [7, 11) is 0. The molecule has 0 spiro atoms. The number of para-hydroxylation sites is 1. The molecule has 0 saturated heterocycles. The lowest BCUT2D eigenvalue weighted by Crippen LogP contribution is -2.44. The Bertz CT molecular complexity index is 967. The Hall–Kier alpha value is -3.11. The number of fused-ring (bicyclic) bond motifs is 1. The van der Waals surface area contributed by atoms with Crippen LogP contribution in [0.1, 0.15) is 41.6 Å². The van der Waals surface area contributed by atoms with Gasteiger partial charge in [0, 0.05) is 0 Å². The van der Waals surface area contributed by atoms with Gasteiger partial charge in [0.2, 0.25) is 0 Å². The fourth-order valence-electron chi connectivity index (χ4n) is 3.62. The van der Waals surface area contributed by atoms with Gasteiger partial charge >= 0.3 is 0 Å². The van der Waals surface area contributed by atoms with E-state index >= 15 is 0 Å². The van der Waals surface area contributed by atoms with Crippen molar-refractivity contribution in [3.8, 4) is 11.5 Å². The molecule has 0 saturated carbocycles. The molecule has 4 rings (SSSR count). The molecule has 4 nitrogen and oxygen atoms in total. The van der Waals surface area contributed by atoms with Crippen LogP contribution in [0.25, 0.3) is 0 Å². The lowest BCUT2D eigenvalue weighted by molar-refractivity contribution is -0.0311. The monoisotopic (exact) mass is 359 g/mol. The molecule has 136 valence electrons. The van der Waals surface area contributed by atoms with Crippen molar-refractivity contribution in [1.82, 2.24) is 4.90 Å². The normalized spacial score (nSPS) is 16.3. The van der Waals surface area contributed by atoms with E-state index in [4.69, 9.17) is 4.74 Å². The Balaban J connectivity index is 1.75. The number of hydrogen-bond acceptors (Lipinski definition) is 3. The predicted molar refractivity (Wildman–Crippen MR) is 104 cm³/mol. The third kappa shape index (κ3) is 2.88. The largest absolute Gasteiger partial charge is 0.457 e. The zero-order chi connectivity index (χ0) is 19.0. The summed E-state index contributed by atoms with van der Waals surface area (Å²) in [6, 6.07) is 24.4. The van der Waals surface area contributed by atoms with Crippen LogP contribution in [0.15, 0.2) is 78.9 Å². The minimum atomic E-state index is -1.08. The average Bonchev–Trinajstić information content (AvgIpc) is 2.95. The van der Waals surface area contributed by atoms with E-state index in [0.717, 1.165) is 5.56 Å². The van der Waals surface area contributed by atoms with E-state index in [1.807, 2.05) is 74.5 Å². The minimum absolute atomic E-state index is 0.204. The molecule has 3 aromatic rings. The van der Waals surface area contributed by atoms with Gasteiger partial charge in [-0.15, -0.1) is 0 Å². The summed E-state index contributed by atoms with van der Waals surface area (Å²) in [6.45, 7) is 3.88. The summed E-state index contributed by atoms with van der Waals surface area (Å²) < 4.78 is 5.97. The molecule has 1 aliphatic heterocycles. The second-order valence-electron chi connectivity index (χ2n) is 7.11. The zero-order valence-corrected chi connectivity index (χ0v) is 15.3. The number of hydrogen-bond donors (Lipinski definition) is 1. The molecule has 0 aliphatic carbocycles. The van der Waals surface area contributed by atoms with Crippen molar-refractivity contribution in [2.24, 2.45) is 0 Å². The molecule has 1 heterocycles. The second kappa shape index (κ2) is 6.56. The van der Waals surface area contributed by atoms with Gasteiger partial charge in [-0.1, -0.05) is 54.6 Å². The quantitative estimate of drug-likeness (QED) is 0.724. The molecule has 3 aromatic carbocycles. The number of carbonyl (C=O) groups is 1. The minimum Gasteiger partial charge on any atom is -0.457 e. The SMILES string of the molecule is CC(C)(c1ccccc1)N1C(=O)c2cccc(Oc3ccccc3)c2C1O. The number of nitrogens with zero attached hydrogens (tertiary/aromatic N) is 1. The zero-order valence-electron chi connectivity index (χ0n) is 15.3. The third-order valence-electron chi connectivity index (χ3n) is 5.07. The van der Waals surface area contributed by atoms with Crippen LogP contribution in [0.2, 0.25) is 0 Å². The van der Waals surface area contributed by atoms with Crippen LogP contribution in [-0.4, -0.2) is 15.9 Å². The number of aliphatic hydroxyl groups is 1.